The van der Waals surface area contributed by atoms with Crippen LogP contribution in [0.4, 0.5) is 8.78 Å². The van der Waals surface area contributed by atoms with E-state index in [1.807, 2.05) is 6.92 Å². The Morgan fingerprint density at radius 3 is 2.30 bits per heavy atom. The highest BCUT2D eigenvalue weighted by molar-refractivity contribution is 5.87. The summed E-state index contributed by atoms with van der Waals surface area (Å²) < 4.78 is 29.5. The van der Waals surface area contributed by atoms with Gasteiger partial charge in [-0.05, 0) is 105 Å². The van der Waals surface area contributed by atoms with Crippen molar-refractivity contribution in [2.45, 2.75) is 110 Å². The summed E-state index contributed by atoms with van der Waals surface area (Å²) in [6.45, 7) is 9.90. The summed E-state index contributed by atoms with van der Waals surface area (Å²) in [5, 5.41) is 10.6. The van der Waals surface area contributed by atoms with Gasteiger partial charge in [0.2, 0.25) is 5.78 Å². The number of aliphatic hydroxyl groups is 1. The van der Waals surface area contributed by atoms with Gasteiger partial charge in [-0.3, -0.25) is 4.79 Å². The molecule has 4 saturated carbocycles. The van der Waals surface area contributed by atoms with E-state index in [4.69, 9.17) is 0 Å². The molecule has 0 heterocycles. The lowest BCUT2D eigenvalue weighted by atomic mass is 9.44. The zero-order valence-electron chi connectivity index (χ0n) is 19.6. The standard InChI is InChI=1S/C26H42F2O2/c1-16(2)22(29)26(27,28)15-18-7-9-20-19-8-6-17-14-23(3,30)12-13-25(17,5)21(19)10-11-24(18,20)4/h16-21,30H,6-15H2,1-5H3/t17?,18?,19?,20?,21?,23-,24?,25?/m0/s1. The van der Waals surface area contributed by atoms with Crippen molar-refractivity contribution in [3.8, 4) is 0 Å². The number of carbonyl (C=O) groups excluding carboxylic acids is 1. The van der Waals surface area contributed by atoms with Crippen LogP contribution < -0.4 is 0 Å². The van der Waals surface area contributed by atoms with E-state index in [-0.39, 0.29) is 17.8 Å². The van der Waals surface area contributed by atoms with Crippen LogP contribution in [0, 0.1) is 46.3 Å². The van der Waals surface area contributed by atoms with E-state index in [1.165, 1.54) is 12.8 Å². The second kappa shape index (κ2) is 7.25. The maximum absolute atomic E-state index is 14.8. The molecule has 4 aliphatic carbocycles. The minimum absolute atomic E-state index is 0.0428. The smallest absolute Gasteiger partial charge is 0.305 e. The minimum atomic E-state index is -3.19. The summed E-state index contributed by atoms with van der Waals surface area (Å²) in [4.78, 5) is 12.1. The van der Waals surface area contributed by atoms with E-state index >= 15 is 0 Å². The first-order valence-electron chi connectivity index (χ1n) is 12.4. The number of hydrogen-bond donors (Lipinski definition) is 1. The first-order chi connectivity index (χ1) is 13.8. The minimum Gasteiger partial charge on any atom is -0.390 e. The number of carbonyl (C=O) groups is 1. The Morgan fingerprint density at radius 2 is 1.63 bits per heavy atom. The first kappa shape index (κ1) is 22.7. The molecule has 0 saturated heterocycles. The van der Waals surface area contributed by atoms with Crippen LogP contribution in [0.2, 0.25) is 0 Å². The molecule has 30 heavy (non-hydrogen) atoms. The van der Waals surface area contributed by atoms with Crippen LogP contribution in [-0.2, 0) is 4.79 Å². The largest absolute Gasteiger partial charge is 0.390 e. The number of fused-ring (bicyclic) bond motifs is 5. The summed E-state index contributed by atoms with van der Waals surface area (Å²) in [5.74, 6) is -2.31. The predicted octanol–water partition coefficient (Wildman–Crippen LogP) is 6.65. The van der Waals surface area contributed by atoms with Crippen LogP contribution in [0.1, 0.15) is 98.8 Å². The number of hydrogen-bond acceptors (Lipinski definition) is 2. The Balaban J connectivity index is 1.52. The molecule has 2 nitrogen and oxygen atoms in total. The molecular formula is C26H42F2O2. The molecule has 0 amide bonds. The van der Waals surface area contributed by atoms with Crippen molar-refractivity contribution in [2.24, 2.45) is 46.3 Å². The van der Waals surface area contributed by atoms with E-state index in [0.717, 1.165) is 44.9 Å². The number of ketones is 1. The quantitative estimate of drug-likeness (QED) is 0.549. The van der Waals surface area contributed by atoms with Gasteiger partial charge in [0.05, 0.1) is 5.60 Å². The van der Waals surface area contributed by atoms with Gasteiger partial charge in [0.25, 0.3) is 0 Å². The Bertz CT molecular complexity index is 687. The molecule has 4 fully saturated rings. The highest BCUT2D eigenvalue weighted by atomic mass is 19.3. The van der Waals surface area contributed by atoms with Crippen molar-refractivity contribution in [3.63, 3.8) is 0 Å². The maximum Gasteiger partial charge on any atom is 0.305 e. The third-order valence-corrected chi connectivity index (χ3v) is 10.5. The van der Waals surface area contributed by atoms with Gasteiger partial charge < -0.3 is 5.11 Å². The van der Waals surface area contributed by atoms with Crippen LogP contribution in [0.15, 0.2) is 0 Å². The lowest BCUT2D eigenvalue weighted by molar-refractivity contribution is -0.158. The van der Waals surface area contributed by atoms with Crippen molar-refractivity contribution in [1.29, 1.82) is 0 Å². The van der Waals surface area contributed by atoms with Gasteiger partial charge in [-0.25, -0.2) is 0 Å². The monoisotopic (exact) mass is 424 g/mol. The summed E-state index contributed by atoms with van der Waals surface area (Å²) in [6, 6.07) is 0. The Hall–Kier alpha value is -0.510. The number of halogens is 2. The van der Waals surface area contributed by atoms with E-state index in [0.29, 0.717) is 29.1 Å². The number of alkyl halides is 2. The second-order valence-electron chi connectivity index (χ2n) is 12.6. The predicted molar refractivity (Wildman–Crippen MR) is 115 cm³/mol. The summed E-state index contributed by atoms with van der Waals surface area (Å²) in [6.07, 6.45) is 9.06. The topological polar surface area (TPSA) is 37.3 Å². The summed E-state index contributed by atoms with van der Waals surface area (Å²) in [7, 11) is 0. The molecule has 0 radical (unpaired) electrons. The van der Waals surface area contributed by atoms with E-state index in [9.17, 15) is 18.7 Å². The van der Waals surface area contributed by atoms with Crippen molar-refractivity contribution in [3.05, 3.63) is 0 Å². The zero-order chi connectivity index (χ0) is 22.1. The molecule has 4 rings (SSSR count). The molecule has 0 aromatic heterocycles. The fourth-order valence-electron chi connectivity index (χ4n) is 8.71. The molecule has 172 valence electrons. The average molecular weight is 425 g/mol. The summed E-state index contributed by atoms with van der Waals surface area (Å²) in [5.41, 5.74) is -0.277. The van der Waals surface area contributed by atoms with Gasteiger partial charge in [0.15, 0.2) is 0 Å². The third-order valence-electron chi connectivity index (χ3n) is 10.5. The van der Waals surface area contributed by atoms with E-state index in [2.05, 4.69) is 13.8 Å². The molecule has 0 aliphatic heterocycles. The normalized spacial score (nSPS) is 48.8. The molecule has 8 atom stereocenters. The Labute approximate surface area is 181 Å². The molecule has 0 bridgehead atoms. The van der Waals surface area contributed by atoms with Gasteiger partial charge in [0.1, 0.15) is 0 Å². The lowest BCUT2D eigenvalue weighted by Gasteiger charge is -2.62. The van der Waals surface area contributed by atoms with Crippen LogP contribution >= 0.6 is 0 Å². The van der Waals surface area contributed by atoms with Crippen LogP contribution in [-0.4, -0.2) is 22.4 Å². The highest BCUT2D eigenvalue weighted by Gasteiger charge is 2.62. The lowest BCUT2D eigenvalue weighted by Crippen LogP contribution is -2.55. The summed E-state index contributed by atoms with van der Waals surface area (Å²) >= 11 is 0. The number of rotatable bonds is 4. The molecule has 7 unspecified atom stereocenters. The molecule has 4 aliphatic rings. The molecular weight excluding hydrogens is 382 g/mol. The van der Waals surface area contributed by atoms with Crippen molar-refractivity contribution < 1.29 is 18.7 Å². The van der Waals surface area contributed by atoms with Crippen LogP contribution in [0.5, 0.6) is 0 Å². The van der Waals surface area contributed by atoms with Gasteiger partial charge in [-0.2, -0.15) is 8.78 Å². The zero-order valence-corrected chi connectivity index (χ0v) is 19.6. The van der Waals surface area contributed by atoms with Gasteiger partial charge in [-0.1, -0.05) is 27.7 Å². The molecule has 4 heteroatoms. The molecule has 0 spiro atoms. The van der Waals surface area contributed by atoms with Crippen LogP contribution in [0.25, 0.3) is 0 Å². The van der Waals surface area contributed by atoms with Gasteiger partial charge in [0, 0.05) is 12.3 Å². The van der Waals surface area contributed by atoms with Gasteiger partial charge >= 0.3 is 5.92 Å². The average Bonchev–Trinajstić information content (AvgIpc) is 2.97. The fourth-order valence-corrected chi connectivity index (χ4v) is 8.71. The molecule has 0 aromatic rings. The van der Waals surface area contributed by atoms with Gasteiger partial charge in [-0.15, -0.1) is 0 Å². The van der Waals surface area contributed by atoms with Crippen molar-refractivity contribution in [1.82, 2.24) is 0 Å². The second-order valence-corrected chi connectivity index (χ2v) is 12.6. The maximum atomic E-state index is 14.8. The Kier molecular flexibility index (Phi) is 5.48. The van der Waals surface area contributed by atoms with E-state index < -0.39 is 23.2 Å². The third kappa shape index (κ3) is 3.48. The van der Waals surface area contributed by atoms with Crippen molar-refractivity contribution in [2.75, 3.05) is 0 Å². The Morgan fingerprint density at radius 1 is 0.967 bits per heavy atom. The number of Topliss-reactive ketones (excluding diaryl/α,β-unsaturated/α-hetero) is 1. The SMILES string of the molecule is CC(C)C(=O)C(F)(F)CC1CCC2C3CCC4C[C@@](C)(O)CCC4(C)C3CCC12C. The van der Waals surface area contributed by atoms with Crippen molar-refractivity contribution >= 4 is 5.78 Å². The highest BCUT2D eigenvalue weighted by Crippen LogP contribution is 2.68. The van der Waals surface area contributed by atoms with Crippen LogP contribution in [0.3, 0.4) is 0 Å². The molecule has 1 N–H and O–H groups in total. The fraction of sp³-hybridized carbons (Fsp3) is 0.962. The first-order valence-corrected chi connectivity index (χ1v) is 12.4. The van der Waals surface area contributed by atoms with E-state index in [1.54, 1.807) is 13.8 Å². The molecule has 0 aromatic carbocycles.